The van der Waals surface area contributed by atoms with Crippen LogP contribution < -0.4 is 4.74 Å². The molecule has 0 amide bonds. The summed E-state index contributed by atoms with van der Waals surface area (Å²) >= 11 is 0. The number of hydrogen-bond acceptors (Lipinski definition) is 7. The molecule has 1 fully saturated rings. The number of aliphatic hydroxyl groups is 1. The van der Waals surface area contributed by atoms with E-state index in [2.05, 4.69) is 15.2 Å². The summed E-state index contributed by atoms with van der Waals surface area (Å²) in [5.74, 6) is 1.42. The van der Waals surface area contributed by atoms with Gasteiger partial charge in [0, 0.05) is 24.2 Å². The lowest BCUT2D eigenvalue weighted by atomic mass is 9.97. The maximum absolute atomic E-state index is 14.3. The van der Waals surface area contributed by atoms with Gasteiger partial charge in [-0.3, -0.25) is 0 Å². The molecule has 1 aliphatic carbocycles. The van der Waals surface area contributed by atoms with Crippen LogP contribution >= 0.6 is 0 Å². The number of halogens is 1. The second kappa shape index (κ2) is 8.28. The van der Waals surface area contributed by atoms with Gasteiger partial charge in [0.15, 0.2) is 17.2 Å². The Bertz CT molecular complexity index is 1570. The Morgan fingerprint density at radius 3 is 2.69 bits per heavy atom. The summed E-state index contributed by atoms with van der Waals surface area (Å²) in [5.41, 5.74) is 5.55. The van der Waals surface area contributed by atoms with Crippen LogP contribution in [0.25, 0.3) is 45.2 Å². The molecule has 1 aliphatic rings. The van der Waals surface area contributed by atoms with E-state index in [1.54, 1.807) is 36.2 Å². The van der Waals surface area contributed by atoms with Gasteiger partial charge in [-0.25, -0.2) is 14.4 Å². The highest BCUT2D eigenvalue weighted by molar-refractivity contribution is 5.85. The molecule has 0 aliphatic heterocycles. The van der Waals surface area contributed by atoms with E-state index in [0.717, 1.165) is 29.7 Å². The van der Waals surface area contributed by atoms with Crippen molar-refractivity contribution in [3.63, 3.8) is 0 Å². The van der Waals surface area contributed by atoms with E-state index in [1.807, 2.05) is 19.2 Å². The Kier molecular flexibility index (Phi) is 5.07. The van der Waals surface area contributed by atoms with Gasteiger partial charge in [0.25, 0.3) is 0 Å². The van der Waals surface area contributed by atoms with E-state index in [9.17, 15) is 9.50 Å². The van der Waals surface area contributed by atoms with Gasteiger partial charge in [-0.2, -0.15) is 0 Å². The van der Waals surface area contributed by atoms with Crippen LogP contribution in [0.4, 0.5) is 4.39 Å². The summed E-state index contributed by atoms with van der Waals surface area (Å²) in [6.45, 7) is -0.135. The van der Waals surface area contributed by atoms with Crippen molar-refractivity contribution in [3.8, 4) is 39.8 Å². The lowest BCUT2D eigenvalue weighted by Gasteiger charge is -2.12. The summed E-state index contributed by atoms with van der Waals surface area (Å²) < 4.78 is 27.6. The standard InChI is InChI=1S/C26H22FN5O3/c1-32-13-28-31-25(32)19-11-17(27)5-6-18(19)16-9-20(15-3-4-15)29-22(10-16)26-30-21-7-14(12-33)8-23(34-2)24(21)35-26/h5-11,13,15,33H,3-4,12H2,1-2H3. The highest BCUT2D eigenvalue weighted by Gasteiger charge is 2.27. The Morgan fingerprint density at radius 1 is 1.11 bits per heavy atom. The van der Waals surface area contributed by atoms with Crippen molar-refractivity contribution in [2.45, 2.75) is 25.4 Å². The number of benzene rings is 2. The van der Waals surface area contributed by atoms with Crippen LogP contribution in [0.3, 0.4) is 0 Å². The van der Waals surface area contributed by atoms with Crippen LogP contribution in [0.2, 0.25) is 0 Å². The third kappa shape index (κ3) is 3.83. The van der Waals surface area contributed by atoms with Crippen LogP contribution in [-0.4, -0.2) is 36.9 Å². The van der Waals surface area contributed by atoms with Gasteiger partial charge in [-0.15, -0.1) is 10.2 Å². The number of rotatable bonds is 6. The normalized spacial score (nSPS) is 13.5. The molecule has 6 rings (SSSR count). The van der Waals surface area contributed by atoms with Crippen molar-refractivity contribution in [1.82, 2.24) is 24.7 Å². The molecule has 0 atom stereocenters. The molecule has 1 N–H and O–H groups in total. The predicted molar refractivity (Wildman–Crippen MR) is 127 cm³/mol. The lowest BCUT2D eigenvalue weighted by Crippen LogP contribution is -1.97. The molecule has 9 heteroatoms. The number of hydrogen-bond donors (Lipinski definition) is 1. The van der Waals surface area contributed by atoms with Gasteiger partial charge in [0.1, 0.15) is 23.4 Å². The van der Waals surface area contributed by atoms with Gasteiger partial charge < -0.3 is 18.8 Å². The highest BCUT2D eigenvalue weighted by atomic mass is 19.1. The number of oxazole rings is 1. The number of aliphatic hydroxyl groups excluding tert-OH is 1. The van der Waals surface area contributed by atoms with E-state index in [4.69, 9.17) is 14.1 Å². The molecule has 0 spiro atoms. The molecule has 0 radical (unpaired) electrons. The van der Waals surface area contributed by atoms with Crippen LogP contribution in [0.5, 0.6) is 5.75 Å². The first-order valence-electron chi connectivity index (χ1n) is 11.3. The van der Waals surface area contributed by atoms with Crippen LogP contribution in [0, 0.1) is 5.82 Å². The minimum absolute atomic E-state index is 0.135. The zero-order valence-corrected chi connectivity index (χ0v) is 19.2. The fourth-order valence-corrected chi connectivity index (χ4v) is 4.30. The van der Waals surface area contributed by atoms with Crippen LogP contribution in [-0.2, 0) is 13.7 Å². The molecule has 2 aromatic carbocycles. The summed E-state index contributed by atoms with van der Waals surface area (Å²) in [6, 6.07) is 12.1. The van der Waals surface area contributed by atoms with E-state index < -0.39 is 0 Å². The maximum Gasteiger partial charge on any atom is 0.246 e. The summed E-state index contributed by atoms with van der Waals surface area (Å²) in [6.07, 6.45) is 3.72. The number of fused-ring (bicyclic) bond motifs is 1. The zero-order chi connectivity index (χ0) is 24.1. The van der Waals surface area contributed by atoms with Gasteiger partial charge in [-0.05, 0) is 65.9 Å². The van der Waals surface area contributed by atoms with Crippen LogP contribution in [0.15, 0.2) is 53.2 Å². The molecule has 1 saturated carbocycles. The Labute approximate surface area is 200 Å². The average molecular weight is 471 g/mol. The van der Waals surface area contributed by atoms with Crippen molar-refractivity contribution in [2.24, 2.45) is 7.05 Å². The number of methoxy groups -OCH3 is 1. The smallest absolute Gasteiger partial charge is 0.246 e. The molecule has 3 aromatic heterocycles. The second-order valence-electron chi connectivity index (χ2n) is 8.72. The molecule has 0 unspecified atom stereocenters. The van der Waals surface area contributed by atoms with Crippen molar-refractivity contribution in [2.75, 3.05) is 7.11 Å². The van der Waals surface area contributed by atoms with Gasteiger partial charge in [0.2, 0.25) is 5.89 Å². The van der Waals surface area contributed by atoms with E-state index in [1.165, 1.54) is 12.1 Å². The first-order valence-corrected chi connectivity index (χ1v) is 11.3. The molecule has 8 nitrogen and oxygen atoms in total. The molecule has 0 bridgehead atoms. The number of aromatic nitrogens is 5. The van der Waals surface area contributed by atoms with Gasteiger partial charge >= 0.3 is 0 Å². The first kappa shape index (κ1) is 21.4. The first-order chi connectivity index (χ1) is 17.0. The lowest BCUT2D eigenvalue weighted by molar-refractivity contribution is 0.281. The van der Waals surface area contributed by atoms with Crippen molar-refractivity contribution >= 4 is 11.1 Å². The topological polar surface area (TPSA) is 99.1 Å². The van der Waals surface area contributed by atoms with E-state index in [0.29, 0.717) is 51.3 Å². The number of nitrogens with zero attached hydrogens (tertiary/aromatic N) is 5. The molecule has 35 heavy (non-hydrogen) atoms. The second-order valence-corrected chi connectivity index (χ2v) is 8.72. The summed E-state index contributed by atoms with van der Waals surface area (Å²) in [7, 11) is 3.37. The monoisotopic (exact) mass is 471 g/mol. The van der Waals surface area contributed by atoms with Crippen molar-refractivity contribution in [3.05, 3.63) is 65.9 Å². The quantitative estimate of drug-likeness (QED) is 0.377. The molecular formula is C26H22FN5O3. The minimum Gasteiger partial charge on any atom is -0.493 e. The predicted octanol–water partition coefficient (Wildman–Crippen LogP) is 4.87. The fourth-order valence-electron chi connectivity index (χ4n) is 4.30. The molecule has 3 heterocycles. The van der Waals surface area contributed by atoms with Gasteiger partial charge in [-0.1, -0.05) is 6.07 Å². The minimum atomic E-state index is -0.353. The van der Waals surface area contributed by atoms with Crippen molar-refractivity contribution in [1.29, 1.82) is 0 Å². The van der Waals surface area contributed by atoms with E-state index in [-0.39, 0.29) is 12.4 Å². The summed E-state index contributed by atoms with van der Waals surface area (Å²) in [5, 5.41) is 17.7. The Balaban J connectivity index is 1.54. The highest BCUT2D eigenvalue weighted by Crippen LogP contribution is 2.43. The number of ether oxygens (including phenoxy) is 1. The number of pyridine rings is 1. The van der Waals surface area contributed by atoms with Crippen LogP contribution in [0.1, 0.15) is 30.0 Å². The number of aryl methyl sites for hydroxylation is 1. The maximum atomic E-state index is 14.3. The largest absolute Gasteiger partial charge is 0.493 e. The average Bonchev–Trinajstić information content (AvgIpc) is 3.50. The fraction of sp³-hybridized carbons (Fsp3) is 0.231. The van der Waals surface area contributed by atoms with Crippen molar-refractivity contribution < 1.29 is 18.7 Å². The third-order valence-corrected chi connectivity index (χ3v) is 6.22. The van der Waals surface area contributed by atoms with Gasteiger partial charge in [0.05, 0.1) is 13.7 Å². The zero-order valence-electron chi connectivity index (χ0n) is 19.2. The third-order valence-electron chi connectivity index (χ3n) is 6.22. The SMILES string of the molecule is COc1cc(CO)cc2nc(-c3cc(-c4ccc(F)cc4-c4nncn4C)cc(C4CC4)n3)oc12. The molecule has 0 saturated heterocycles. The molecule has 176 valence electrons. The molecular weight excluding hydrogens is 449 g/mol. The summed E-state index contributed by atoms with van der Waals surface area (Å²) in [4.78, 5) is 9.51. The molecule has 5 aromatic rings. The Hall–Kier alpha value is -4.11. The van der Waals surface area contributed by atoms with E-state index >= 15 is 0 Å². The Morgan fingerprint density at radius 2 is 1.97 bits per heavy atom.